The largest absolute Gasteiger partial charge is 0.352 e. The number of anilines is 1. The predicted octanol–water partition coefficient (Wildman–Crippen LogP) is 6.89. The molecule has 0 aromatic heterocycles. The molecule has 2 amide bonds. The molecule has 0 radical (unpaired) electrons. The van der Waals surface area contributed by atoms with Gasteiger partial charge in [-0.05, 0) is 68.1 Å². The lowest BCUT2D eigenvalue weighted by Crippen LogP contribution is -2.54. The Bertz CT molecular complexity index is 1550. The summed E-state index contributed by atoms with van der Waals surface area (Å²) in [5, 5.41) is 3.79. The number of benzene rings is 3. The van der Waals surface area contributed by atoms with Gasteiger partial charge in [0.1, 0.15) is 18.4 Å². The third-order valence-corrected chi connectivity index (χ3v) is 10.1. The average Bonchev–Trinajstić information content (AvgIpc) is 2.98. The number of carbonyl (C=O) groups excluding carboxylic acids is 2. The van der Waals surface area contributed by atoms with Crippen molar-refractivity contribution in [2.24, 2.45) is 0 Å². The molecule has 0 bridgehead atoms. The molecular weight excluding hydrogens is 612 g/mol. The minimum Gasteiger partial charge on any atom is -0.352 e. The lowest BCUT2D eigenvalue weighted by atomic mass is 9.95. The number of rotatable bonds is 11. The van der Waals surface area contributed by atoms with E-state index in [-0.39, 0.29) is 35.5 Å². The summed E-state index contributed by atoms with van der Waals surface area (Å²) >= 11 is 12.6. The summed E-state index contributed by atoms with van der Waals surface area (Å²) in [5.74, 6) is -1.82. The summed E-state index contributed by atoms with van der Waals surface area (Å²) < 4.78 is 43.7. The van der Waals surface area contributed by atoms with Crippen LogP contribution in [0.3, 0.4) is 0 Å². The van der Waals surface area contributed by atoms with Gasteiger partial charge in [-0.15, -0.1) is 0 Å². The molecule has 7 nitrogen and oxygen atoms in total. The van der Waals surface area contributed by atoms with E-state index < -0.39 is 34.3 Å². The van der Waals surface area contributed by atoms with Gasteiger partial charge < -0.3 is 10.2 Å². The molecule has 11 heteroatoms. The van der Waals surface area contributed by atoms with E-state index in [9.17, 15) is 18.0 Å². The van der Waals surface area contributed by atoms with Gasteiger partial charge >= 0.3 is 0 Å². The van der Waals surface area contributed by atoms with Crippen LogP contribution >= 0.6 is 23.2 Å². The van der Waals surface area contributed by atoms with Crippen LogP contribution in [0.4, 0.5) is 10.1 Å². The van der Waals surface area contributed by atoms with Crippen LogP contribution in [0.2, 0.25) is 10.0 Å². The third kappa shape index (κ3) is 8.08. The number of hydrogen-bond acceptors (Lipinski definition) is 4. The SMILES string of the molecule is CCC(C(=O)NC1CCCCC1)N(Cc1ccc(Cl)cc1Cl)C(=O)CN(c1ccccc1F)S(=O)(=O)c1ccc(C)cc1. The Labute approximate surface area is 263 Å². The maximum absolute atomic E-state index is 15.1. The van der Waals surface area contributed by atoms with Gasteiger partial charge in [-0.1, -0.05) is 85.3 Å². The Morgan fingerprint density at radius 2 is 1.67 bits per heavy atom. The zero-order valence-corrected chi connectivity index (χ0v) is 26.6. The summed E-state index contributed by atoms with van der Waals surface area (Å²) in [6.45, 7) is 2.78. The molecule has 1 atom stereocenters. The maximum atomic E-state index is 15.1. The van der Waals surface area contributed by atoms with E-state index in [1.165, 1.54) is 41.3 Å². The standard InChI is InChI=1S/C32H36Cl2FN3O4S/c1-3-29(32(40)36-25-9-5-4-6-10-25)37(20-23-15-16-24(33)19-27(23)34)31(39)21-38(30-12-8-7-11-28(30)35)43(41,42)26-17-13-22(2)14-18-26/h7-8,11-19,25,29H,3-6,9-10,20-21H2,1-2H3,(H,36,40). The van der Waals surface area contributed by atoms with E-state index >= 15 is 4.39 Å². The van der Waals surface area contributed by atoms with Crippen LogP contribution in [0.1, 0.15) is 56.6 Å². The first-order valence-electron chi connectivity index (χ1n) is 14.4. The fourth-order valence-electron chi connectivity index (χ4n) is 5.30. The Morgan fingerprint density at radius 1 is 1.00 bits per heavy atom. The highest BCUT2D eigenvalue weighted by molar-refractivity contribution is 7.92. The van der Waals surface area contributed by atoms with E-state index in [1.807, 2.05) is 6.92 Å². The molecule has 230 valence electrons. The molecule has 0 spiro atoms. The minimum absolute atomic E-state index is 0.00296. The van der Waals surface area contributed by atoms with Gasteiger partial charge in [0.2, 0.25) is 11.8 Å². The Morgan fingerprint density at radius 3 is 2.30 bits per heavy atom. The topological polar surface area (TPSA) is 86.8 Å². The molecule has 0 saturated heterocycles. The second-order valence-corrected chi connectivity index (χ2v) is 13.5. The number of sulfonamides is 1. The van der Waals surface area contributed by atoms with Crippen molar-refractivity contribution in [2.75, 3.05) is 10.8 Å². The van der Waals surface area contributed by atoms with Crippen molar-refractivity contribution >= 4 is 50.7 Å². The highest BCUT2D eigenvalue weighted by Crippen LogP contribution is 2.29. The monoisotopic (exact) mass is 647 g/mol. The molecule has 3 aromatic rings. The Kier molecular flexibility index (Phi) is 11.1. The number of hydrogen-bond donors (Lipinski definition) is 1. The van der Waals surface area contributed by atoms with Gasteiger partial charge in [0.05, 0.1) is 10.6 Å². The summed E-state index contributed by atoms with van der Waals surface area (Å²) in [6.07, 6.45) is 5.12. The van der Waals surface area contributed by atoms with Crippen LogP contribution in [0.25, 0.3) is 0 Å². The van der Waals surface area contributed by atoms with Crippen LogP contribution in [0.5, 0.6) is 0 Å². The fraction of sp³-hybridized carbons (Fsp3) is 0.375. The van der Waals surface area contributed by atoms with Crippen molar-refractivity contribution in [1.29, 1.82) is 0 Å². The van der Waals surface area contributed by atoms with Crippen LogP contribution in [0.15, 0.2) is 71.6 Å². The van der Waals surface area contributed by atoms with Crippen molar-refractivity contribution in [3.05, 3.63) is 93.7 Å². The van der Waals surface area contributed by atoms with Crippen molar-refractivity contribution < 1.29 is 22.4 Å². The van der Waals surface area contributed by atoms with Crippen molar-refractivity contribution in [3.63, 3.8) is 0 Å². The highest BCUT2D eigenvalue weighted by atomic mass is 35.5. The molecule has 4 rings (SSSR count). The van der Waals surface area contributed by atoms with Gasteiger partial charge in [-0.25, -0.2) is 12.8 Å². The molecular formula is C32H36Cl2FN3O4S. The maximum Gasteiger partial charge on any atom is 0.264 e. The number of nitrogens with one attached hydrogen (secondary N) is 1. The Hall–Kier alpha value is -3.14. The normalized spacial score (nSPS) is 14.6. The number of amides is 2. The molecule has 3 aromatic carbocycles. The first-order valence-corrected chi connectivity index (χ1v) is 16.6. The van der Waals surface area contributed by atoms with Crippen LogP contribution in [-0.4, -0.2) is 43.8 Å². The number of halogens is 3. The van der Waals surface area contributed by atoms with Crippen molar-refractivity contribution in [2.45, 2.75) is 75.9 Å². The lowest BCUT2D eigenvalue weighted by molar-refractivity contribution is -0.140. The summed E-state index contributed by atoms with van der Waals surface area (Å²) in [4.78, 5) is 29.1. The molecule has 0 aliphatic heterocycles. The van der Waals surface area contributed by atoms with Crippen LogP contribution in [-0.2, 0) is 26.2 Å². The molecule has 43 heavy (non-hydrogen) atoms. The smallest absolute Gasteiger partial charge is 0.264 e. The fourth-order valence-corrected chi connectivity index (χ4v) is 7.19. The minimum atomic E-state index is -4.38. The van der Waals surface area contributed by atoms with Gasteiger partial charge in [0.25, 0.3) is 10.0 Å². The second-order valence-electron chi connectivity index (χ2n) is 10.8. The molecule has 1 N–H and O–H groups in total. The first kappa shape index (κ1) is 32.8. The van der Waals surface area contributed by atoms with Gasteiger partial charge in [-0.2, -0.15) is 0 Å². The first-order chi connectivity index (χ1) is 20.5. The zero-order chi connectivity index (χ0) is 31.1. The summed E-state index contributed by atoms with van der Waals surface area (Å²) in [5.41, 5.74) is 1.09. The highest BCUT2D eigenvalue weighted by Gasteiger charge is 2.35. The third-order valence-electron chi connectivity index (χ3n) is 7.70. The van der Waals surface area contributed by atoms with Crippen LogP contribution in [0, 0.1) is 12.7 Å². The second kappa shape index (κ2) is 14.6. The molecule has 0 heterocycles. The van der Waals surface area contributed by atoms with E-state index in [2.05, 4.69) is 5.32 Å². The number of nitrogens with zero attached hydrogens (tertiary/aromatic N) is 2. The molecule has 1 aliphatic rings. The van der Waals surface area contributed by atoms with E-state index in [0.29, 0.717) is 15.6 Å². The Balaban J connectivity index is 1.73. The van der Waals surface area contributed by atoms with Crippen molar-refractivity contribution in [1.82, 2.24) is 10.2 Å². The van der Waals surface area contributed by atoms with Gasteiger partial charge in [-0.3, -0.25) is 13.9 Å². The molecule has 1 unspecified atom stereocenters. The quantitative estimate of drug-likeness (QED) is 0.245. The summed E-state index contributed by atoms with van der Waals surface area (Å²) in [6, 6.07) is 15.4. The zero-order valence-electron chi connectivity index (χ0n) is 24.2. The van der Waals surface area contributed by atoms with Crippen molar-refractivity contribution in [3.8, 4) is 0 Å². The van der Waals surface area contributed by atoms with Crippen LogP contribution < -0.4 is 9.62 Å². The van der Waals surface area contributed by atoms with Gasteiger partial charge in [0.15, 0.2) is 0 Å². The number of carbonyl (C=O) groups is 2. The van der Waals surface area contributed by atoms with E-state index in [4.69, 9.17) is 23.2 Å². The number of para-hydroxylation sites is 1. The molecule has 1 saturated carbocycles. The number of aryl methyl sites for hydroxylation is 1. The lowest BCUT2D eigenvalue weighted by Gasteiger charge is -2.34. The van der Waals surface area contributed by atoms with Gasteiger partial charge in [0, 0.05) is 22.6 Å². The summed E-state index contributed by atoms with van der Waals surface area (Å²) in [7, 11) is -4.38. The van der Waals surface area contributed by atoms with E-state index in [0.717, 1.165) is 48.0 Å². The predicted molar refractivity (Wildman–Crippen MR) is 168 cm³/mol. The molecule has 1 fully saturated rings. The molecule has 1 aliphatic carbocycles. The average molecular weight is 649 g/mol. The van der Waals surface area contributed by atoms with E-state index in [1.54, 1.807) is 31.2 Å².